The maximum absolute atomic E-state index is 8.33. The van der Waals surface area contributed by atoms with Crippen LogP contribution in [0.2, 0.25) is 0 Å². The first-order valence-corrected chi connectivity index (χ1v) is 2.74. The summed E-state index contributed by atoms with van der Waals surface area (Å²) >= 11 is 3.99. The third kappa shape index (κ3) is 2.91. The Morgan fingerprint density at radius 3 is 2.29 bits per heavy atom. The fourth-order valence-electron chi connectivity index (χ4n) is 0.153. The van der Waals surface area contributed by atoms with Crippen LogP contribution in [0.15, 0.2) is 0 Å². The van der Waals surface area contributed by atoms with E-state index in [0.717, 1.165) is 0 Å². The molecule has 1 unspecified atom stereocenters. The topological polar surface area (TPSA) is 46.2 Å². The Balaban J connectivity index is 3.14. The van der Waals surface area contributed by atoms with Crippen LogP contribution >= 0.6 is 12.6 Å². The monoisotopic (exact) mass is 121 g/mol. The molecule has 0 aliphatic rings. The average Bonchev–Trinajstić information content (AvgIpc) is 1.65. The van der Waals surface area contributed by atoms with Gasteiger partial charge in [-0.3, -0.25) is 0 Å². The summed E-state index contributed by atoms with van der Waals surface area (Å²) in [7, 11) is 0. The van der Waals surface area contributed by atoms with E-state index in [1.807, 2.05) is 6.92 Å². The zero-order valence-electron chi connectivity index (χ0n) is 4.33. The van der Waals surface area contributed by atoms with Gasteiger partial charge >= 0.3 is 0 Å². The van der Waals surface area contributed by atoms with Crippen LogP contribution in [0.5, 0.6) is 0 Å². The first-order chi connectivity index (χ1) is 3.18. The maximum Gasteiger partial charge on any atom is 0.0593 e. The Hall–Kier alpha value is 0.270. The van der Waals surface area contributed by atoms with Gasteiger partial charge in [0.1, 0.15) is 0 Å². The van der Waals surface area contributed by atoms with E-state index in [2.05, 4.69) is 12.6 Å². The predicted molar refractivity (Wildman–Crippen MR) is 33.5 cm³/mol. The van der Waals surface area contributed by atoms with Crippen LogP contribution in [0, 0.1) is 0 Å². The standard InChI is InChI=1S/C4H11NOS/c1-3(7)4(5)2-6/h3-4,6-7H,2,5H2,1H3/t3?,4-/m0/s1. The second kappa shape index (κ2) is 3.29. The van der Waals surface area contributed by atoms with Gasteiger partial charge in [0.15, 0.2) is 0 Å². The molecule has 0 rings (SSSR count). The van der Waals surface area contributed by atoms with Gasteiger partial charge in [0.2, 0.25) is 0 Å². The fourth-order valence-corrected chi connectivity index (χ4v) is 0.247. The summed E-state index contributed by atoms with van der Waals surface area (Å²) in [5.74, 6) is 0. The lowest BCUT2D eigenvalue weighted by Gasteiger charge is -2.09. The molecule has 0 fully saturated rings. The van der Waals surface area contributed by atoms with Crippen molar-refractivity contribution in [1.82, 2.24) is 0 Å². The van der Waals surface area contributed by atoms with Crippen molar-refractivity contribution in [3.8, 4) is 0 Å². The summed E-state index contributed by atoms with van der Waals surface area (Å²) in [5.41, 5.74) is 5.29. The largest absolute Gasteiger partial charge is 0.395 e. The van der Waals surface area contributed by atoms with E-state index in [1.54, 1.807) is 0 Å². The molecule has 3 heteroatoms. The second-order valence-electron chi connectivity index (χ2n) is 1.59. The average molecular weight is 121 g/mol. The van der Waals surface area contributed by atoms with Crippen LogP contribution in [0.25, 0.3) is 0 Å². The number of hydrogen-bond acceptors (Lipinski definition) is 3. The molecule has 0 saturated carbocycles. The highest BCUT2D eigenvalue weighted by Crippen LogP contribution is 1.95. The molecule has 0 aliphatic carbocycles. The van der Waals surface area contributed by atoms with Gasteiger partial charge in [-0.15, -0.1) is 0 Å². The van der Waals surface area contributed by atoms with Gasteiger partial charge in [-0.25, -0.2) is 0 Å². The minimum atomic E-state index is -0.177. The Kier molecular flexibility index (Phi) is 3.42. The molecular formula is C4H11NOS. The van der Waals surface area contributed by atoms with Gasteiger partial charge in [0.25, 0.3) is 0 Å². The smallest absolute Gasteiger partial charge is 0.0593 e. The van der Waals surface area contributed by atoms with Crippen molar-refractivity contribution in [1.29, 1.82) is 0 Å². The molecule has 44 valence electrons. The normalized spacial score (nSPS) is 18.9. The maximum atomic E-state index is 8.33. The molecular weight excluding hydrogens is 110 g/mol. The van der Waals surface area contributed by atoms with E-state index in [-0.39, 0.29) is 17.9 Å². The summed E-state index contributed by atoms with van der Waals surface area (Å²) in [5, 5.41) is 8.42. The minimum Gasteiger partial charge on any atom is -0.395 e. The molecule has 7 heavy (non-hydrogen) atoms. The molecule has 2 nitrogen and oxygen atoms in total. The molecule has 0 aliphatic heterocycles. The van der Waals surface area contributed by atoms with Gasteiger partial charge in [0.05, 0.1) is 6.61 Å². The molecule has 3 N–H and O–H groups in total. The number of aliphatic hydroxyl groups excluding tert-OH is 1. The SMILES string of the molecule is CC(S)[C@@H](N)CO. The van der Waals surface area contributed by atoms with Crippen molar-refractivity contribution in [2.45, 2.75) is 18.2 Å². The third-order valence-corrected chi connectivity index (χ3v) is 1.21. The van der Waals surface area contributed by atoms with Crippen molar-refractivity contribution in [2.75, 3.05) is 6.61 Å². The summed E-state index contributed by atoms with van der Waals surface area (Å²) in [6.07, 6.45) is 0. The lowest BCUT2D eigenvalue weighted by Crippen LogP contribution is -2.32. The summed E-state index contributed by atoms with van der Waals surface area (Å²) in [6.45, 7) is 1.87. The van der Waals surface area contributed by atoms with Crippen molar-refractivity contribution in [2.24, 2.45) is 5.73 Å². The zero-order chi connectivity index (χ0) is 5.86. The Morgan fingerprint density at radius 1 is 1.86 bits per heavy atom. The van der Waals surface area contributed by atoms with Crippen LogP contribution in [0.3, 0.4) is 0 Å². The highest BCUT2D eigenvalue weighted by Gasteiger charge is 2.03. The lowest BCUT2D eigenvalue weighted by molar-refractivity contribution is 0.266. The van der Waals surface area contributed by atoms with Gasteiger partial charge < -0.3 is 10.8 Å². The first-order valence-electron chi connectivity index (χ1n) is 2.23. The summed E-state index contributed by atoms with van der Waals surface area (Å²) in [4.78, 5) is 0. The van der Waals surface area contributed by atoms with E-state index in [4.69, 9.17) is 10.8 Å². The van der Waals surface area contributed by atoms with Crippen LogP contribution in [-0.4, -0.2) is 23.0 Å². The molecule has 0 aromatic heterocycles. The van der Waals surface area contributed by atoms with E-state index in [9.17, 15) is 0 Å². The highest BCUT2D eigenvalue weighted by atomic mass is 32.1. The Morgan fingerprint density at radius 2 is 2.29 bits per heavy atom. The van der Waals surface area contributed by atoms with Gasteiger partial charge in [-0.05, 0) is 0 Å². The molecule has 0 amide bonds. The molecule has 0 aromatic rings. The molecule has 0 bridgehead atoms. The van der Waals surface area contributed by atoms with Gasteiger partial charge in [0, 0.05) is 11.3 Å². The molecule has 0 aromatic carbocycles. The first kappa shape index (κ1) is 7.27. The van der Waals surface area contributed by atoms with Gasteiger partial charge in [-0.1, -0.05) is 6.92 Å². The van der Waals surface area contributed by atoms with Crippen LogP contribution in [-0.2, 0) is 0 Å². The molecule has 2 atom stereocenters. The van der Waals surface area contributed by atoms with Crippen LogP contribution < -0.4 is 5.73 Å². The third-order valence-electron chi connectivity index (χ3n) is 0.830. The number of thiol groups is 1. The van der Waals surface area contributed by atoms with Crippen molar-refractivity contribution in [3.63, 3.8) is 0 Å². The number of aliphatic hydroxyl groups is 1. The van der Waals surface area contributed by atoms with E-state index in [1.165, 1.54) is 0 Å². The van der Waals surface area contributed by atoms with Crippen LogP contribution in [0.1, 0.15) is 6.92 Å². The van der Waals surface area contributed by atoms with E-state index < -0.39 is 0 Å². The second-order valence-corrected chi connectivity index (χ2v) is 2.40. The number of nitrogens with two attached hydrogens (primary N) is 1. The molecule has 0 heterocycles. The molecule has 0 radical (unpaired) electrons. The summed E-state index contributed by atoms with van der Waals surface area (Å²) in [6, 6.07) is -0.177. The highest BCUT2D eigenvalue weighted by molar-refractivity contribution is 7.81. The van der Waals surface area contributed by atoms with Crippen molar-refractivity contribution in [3.05, 3.63) is 0 Å². The van der Waals surface area contributed by atoms with Crippen molar-refractivity contribution >= 4 is 12.6 Å². The molecule has 0 spiro atoms. The van der Waals surface area contributed by atoms with E-state index in [0.29, 0.717) is 0 Å². The predicted octanol–water partition coefficient (Wildman–Crippen LogP) is -0.376. The number of rotatable bonds is 2. The van der Waals surface area contributed by atoms with Crippen LogP contribution in [0.4, 0.5) is 0 Å². The van der Waals surface area contributed by atoms with Gasteiger partial charge in [-0.2, -0.15) is 12.6 Å². The fraction of sp³-hybridized carbons (Fsp3) is 1.00. The Labute approximate surface area is 49.1 Å². The minimum absolute atomic E-state index is 0.0185. The van der Waals surface area contributed by atoms with Crippen molar-refractivity contribution < 1.29 is 5.11 Å². The zero-order valence-corrected chi connectivity index (χ0v) is 5.23. The lowest BCUT2D eigenvalue weighted by atomic mass is 10.2. The Bertz CT molecular complexity index is 49.0. The summed E-state index contributed by atoms with van der Waals surface area (Å²) < 4.78 is 0. The van der Waals surface area contributed by atoms with E-state index >= 15 is 0 Å². The quantitative estimate of drug-likeness (QED) is 0.436. The number of hydrogen-bond donors (Lipinski definition) is 3. The molecule has 0 saturated heterocycles.